The Bertz CT molecular complexity index is 1900. The largest absolute Gasteiger partial charge is 0.486 e. The number of rotatable bonds is 2. The summed E-state index contributed by atoms with van der Waals surface area (Å²) >= 11 is 0. The Kier molecular flexibility index (Phi) is 4.43. The summed E-state index contributed by atoms with van der Waals surface area (Å²) in [6.07, 6.45) is 2.28. The second kappa shape index (κ2) is 10.7. The predicted molar refractivity (Wildman–Crippen MR) is 133 cm³/mol. The molecule has 0 amide bonds. The molecule has 0 unspecified atom stereocenters. The standard InChI is InChI=1S/C17H11N2O.C12H12N.Ir/c1-11-8-9-13-12-5-4-6-14(15-7-2-3-10-18-15)16(12)20-17(13)19-11;1-10-7-8-12(13-9-10)11-5-3-2-4-6-11;/h2-5,7-10H,1H3;2-5,9H,7-8H2,1H3;/q2*-1;/i1D3,2D,3D,7D,10D;1D3;. The maximum absolute atomic E-state index is 8.09. The van der Waals surface area contributed by atoms with Crippen LogP contribution in [-0.2, 0) is 20.1 Å². The first-order valence-corrected chi connectivity index (χ1v) is 10.2. The van der Waals surface area contributed by atoms with Crippen LogP contribution in [0.15, 0.2) is 94.0 Å². The molecule has 0 spiro atoms. The van der Waals surface area contributed by atoms with E-state index in [1.165, 1.54) is 12.3 Å². The van der Waals surface area contributed by atoms with Crippen molar-refractivity contribution >= 4 is 27.8 Å². The van der Waals surface area contributed by atoms with Crippen LogP contribution in [0, 0.1) is 19.0 Å². The van der Waals surface area contributed by atoms with Crippen LogP contribution < -0.4 is 0 Å². The van der Waals surface area contributed by atoms with Gasteiger partial charge < -0.3 is 14.4 Å². The minimum absolute atomic E-state index is 0. The van der Waals surface area contributed by atoms with Crippen LogP contribution in [0.25, 0.3) is 33.3 Å². The second-order valence-corrected chi connectivity index (χ2v) is 7.20. The van der Waals surface area contributed by atoms with Crippen molar-refractivity contribution in [2.45, 2.75) is 26.5 Å². The molecule has 0 saturated carbocycles. The fourth-order valence-electron chi connectivity index (χ4n) is 3.46. The Morgan fingerprint density at radius 1 is 1.00 bits per heavy atom. The molecule has 0 N–H and O–H groups in total. The van der Waals surface area contributed by atoms with Gasteiger partial charge in [-0.05, 0) is 56.1 Å². The quantitative estimate of drug-likeness (QED) is 0.195. The van der Waals surface area contributed by atoms with E-state index in [1.54, 1.807) is 18.2 Å². The van der Waals surface area contributed by atoms with Gasteiger partial charge in [-0.1, -0.05) is 28.6 Å². The normalized spacial score (nSPS) is 17.9. The van der Waals surface area contributed by atoms with Gasteiger partial charge in [0.15, 0.2) is 0 Å². The van der Waals surface area contributed by atoms with Crippen LogP contribution >= 0.6 is 0 Å². The average Bonchev–Trinajstić information content (AvgIpc) is 3.36. The molecule has 171 valence electrons. The van der Waals surface area contributed by atoms with Crippen LogP contribution in [0.3, 0.4) is 0 Å². The van der Waals surface area contributed by atoms with E-state index >= 15 is 0 Å². The maximum Gasteiger partial charge on any atom is 0.216 e. The number of aryl methyl sites for hydroxylation is 1. The van der Waals surface area contributed by atoms with Crippen molar-refractivity contribution in [1.82, 2.24) is 9.97 Å². The SMILES string of the molecule is [2H]C([2H])([2H])C1=CN=C(c2[c-]cccc2)CC1.[2H]c1nc(-c2[c-]ccc3c2oc2nc(C([2H])([2H])[2H])ccc23)c([2H])c([2H])c1[2H].[Ir]. The summed E-state index contributed by atoms with van der Waals surface area (Å²) < 4.78 is 81.3. The van der Waals surface area contributed by atoms with E-state index in [0.717, 1.165) is 11.3 Å². The van der Waals surface area contributed by atoms with E-state index in [0.29, 0.717) is 29.2 Å². The molecule has 0 aliphatic carbocycles. The number of pyridine rings is 2. The van der Waals surface area contributed by atoms with Crippen molar-refractivity contribution in [3.05, 3.63) is 108 Å². The number of hydrogen-bond acceptors (Lipinski definition) is 4. The zero-order chi connectivity index (χ0) is 31.1. The molecule has 4 nitrogen and oxygen atoms in total. The molecule has 3 aromatic heterocycles. The molecule has 0 saturated heterocycles. The number of hydrogen-bond donors (Lipinski definition) is 0. The topological polar surface area (TPSA) is 51.3 Å². The Hall–Kier alpha value is -3.40. The van der Waals surface area contributed by atoms with Crippen LogP contribution in [0.5, 0.6) is 0 Å². The Morgan fingerprint density at radius 3 is 2.76 bits per heavy atom. The van der Waals surface area contributed by atoms with Crippen molar-refractivity contribution < 1.29 is 38.2 Å². The molecule has 1 radical (unpaired) electrons. The summed E-state index contributed by atoms with van der Waals surface area (Å²) in [5, 5.41) is 1.21. The van der Waals surface area contributed by atoms with Gasteiger partial charge in [0.2, 0.25) is 5.71 Å². The van der Waals surface area contributed by atoms with Gasteiger partial charge in [-0.25, -0.2) is 4.98 Å². The molecule has 0 fully saturated rings. The van der Waals surface area contributed by atoms with Gasteiger partial charge >= 0.3 is 0 Å². The third-order valence-electron chi connectivity index (χ3n) is 5.03. The van der Waals surface area contributed by atoms with Crippen molar-refractivity contribution in [2.24, 2.45) is 4.99 Å². The van der Waals surface area contributed by atoms with E-state index in [2.05, 4.69) is 27.1 Å². The zero-order valence-corrected chi connectivity index (χ0v) is 20.1. The van der Waals surface area contributed by atoms with E-state index < -0.39 is 32.0 Å². The molecule has 2 aromatic carbocycles. The number of aliphatic imine (C=N–C) groups is 1. The van der Waals surface area contributed by atoms with Crippen LogP contribution in [-0.4, -0.2) is 15.7 Å². The molecular formula is C29H23IrN3O-2. The smallest absolute Gasteiger partial charge is 0.216 e. The number of allylic oxidation sites excluding steroid dienone is 1. The maximum atomic E-state index is 8.09. The van der Waals surface area contributed by atoms with Crippen molar-refractivity contribution in [3.8, 4) is 11.3 Å². The fraction of sp³-hybridized carbons (Fsp3) is 0.138. The molecular weight excluding hydrogens is 599 g/mol. The number of fused-ring (bicyclic) bond motifs is 3. The molecule has 5 heteroatoms. The van der Waals surface area contributed by atoms with E-state index in [1.807, 2.05) is 24.3 Å². The van der Waals surface area contributed by atoms with E-state index in [-0.39, 0.29) is 54.4 Å². The summed E-state index contributed by atoms with van der Waals surface area (Å²) in [7, 11) is 0. The first kappa shape index (κ1) is 14.1. The van der Waals surface area contributed by atoms with Gasteiger partial charge in [0, 0.05) is 51.8 Å². The average molecular weight is 632 g/mol. The molecule has 6 rings (SSSR count). The molecule has 34 heavy (non-hydrogen) atoms. The molecule has 1 aliphatic heterocycles. The van der Waals surface area contributed by atoms with Gasteiger partial charge in [0.1, 0.15) is 0 Å². The summed E-state index contributed by atoms with van der Waals surface area (Å²) in [6, 6.07) is 18.8. The number of furan rings is 1. The Balaban J connectivity index is 0.000000223. The Morgan fingerprint density at radius 2 is 1.97 bits per heavy atom. The molecule has 5 aromatic rings. The van der Waals surface area contributed by atoms with Crippen molar-refractivity contribution in [3.63, 3.8) is 0 Å². The first-order chi connectivity index (χ1) is 20.3. The van der Waals surface area contributed by atoms with E-state index in [9.17, 15) is 0 Å². The van der Waals surface area contributed by atoms with Gasteiger partial charge in [-0.2, -0.15) is 0 Å². The van der Waals surface area contributed by atoms with Gasteiger partial charge in [-0.3, -0.25) is 0 Å². The van der Waals surface area contributed by atoms with Gasteiger partial charge in [-0.15, -0.1) is 54.1 Å². The van der Waals surface area contributed by atoms with Crippen molar-refractivity contribution in [1.29, 1.82) is 0 Å². The predicted octanol–water partition coefficient (Wildman–Crippen LogP) is 7.12. The first-order valence-electron chi connectivity index (χ1n) is 15.2. The number of aromatic nitrogens is 2. The van der Waals surface area contributed by atoms with Crippen LogP contribution in [0.2, 0.25) is 0 Å². The minimum atomic E-state index is -2.37. The monoisotopic (exact) mass is 632 g/mol. The summed E-state index contributed by atoms with van der Waals surface area (Å²) in [5.74, 6) is 0. The van der Waals surface area contributed by atoms with E-state index in [4.69, 9.17) is 18.1 Å². The third-order valence-corrected chi connectivity index (χ3v) is 5.03. The molecule has 1 aliphatic rings. The van der Waals surface area contributed by atoms with Crippen LogP contribution in [0.4, 0.5) is 0 Å². The minimum Gasteiger partial charge on any atom is -0.486 e. The molecule has 0 atom stereocenters. The molecule has 0 bridgehead atoms. The Labute approximate surface area is 226 Å². The second-order valence-electron chi connectivity index (χ2n) is 7.20. The third kappa shape index (κ3) is 5.06. The van der Waals surface area contributed by atoms with Crippen molar-refractivity contribution in [2.75, 3.05) is 0 Å². The molecule has 4 heterocycles. The summed E-state index contributed by atoms with van der Waals surface area (Å²) in [4.78, 5) is 12.2. The fourth-order valence-corrected chi connectivity index (χ4v) is 3.46. The summed E-state index contributed by atoms with van der Waals surface area (Å²) in [6.45, 7) is -4.38. The van der Waals surface area contributed by atoms with Gasteiger partial charge in [0.25, 0.3) is 0 Å². The zero-order valence-electron chi connectivity index (χ0n) is 27.7. The van der Waals surface area contributed by atoms with Crippen LogP contribution in [0.1, 0.15) is 44.7 Å². The summed E-state index contributed by atoms with van der Waals surface area (Å²) in [5.41, 5.74) is 2.86. The number of benzene rings is 2. The van der Waals surface area contributed by atoms with Gasteiger partial charge in [0.05, 0.1) is 11.1 Å². The number of nitrogens with zero attached hydrogens (tertiary/aromatic N) is 3.